The summed E-state index contributed by atoms with van der Waals surface area (Å²) in [5.74, 6) is 1.63. The molecule has 3 aromatic rings. The Hall–Kier alpha value is -3.08. The standard InChI is InChI=1S/C20H19N3O2/c1-25-17-7-3-4-14(13-17)18-8-11-23(18)20(24)16-6-2-5-15(12-16)19-21-9-10-22-19/h2-7,9-10,12-13,18H,8,11H2,1H3,(H,21,22)/t18-/m1/s1. The molecule has 1 aromatic heterocycles. The van der Waals surface area contributed by atoms with Gasteiger partial charge in [-0.1, -0.05) is 24.3 Å². The van der Waals surface area contributed by atoms with E-state index >= 15 is 0 Å². The fraction of sp³-hybridized carbons (Fsp3) is 0.200. The summed E-state index contributed by atoms with van der Waals surface area (Å²) in [6, 6.07) is 15.6. The van der Waals surface area contributed by atoms with Crippen molar-refractivity contribution in [3.63, 3.8) is 0 Å². The van der Waals surface area contributed by atoms with Crippen LogP contribution >= 0.6 is 0 Å². The van der Waals surface area contributed by atoms with Crippen LogP contribution in [0.3, 0.4) is 0 Å². The quantitative estimate of drug-likeness (QED) is 0.792. The number of methoxy groups -OCH3 is 1. The summed E-state index contributed by atoms with van der Waals surface area (Å²) in [4.78, 5) is 22.2. The van der Waals surface area contributed by atoms with Crippen molar-refractivity contribution in [1.82, 2.24) is 14.9 Å². The fourth-order valence-corrected chi connectivity index (χ4v) is 3.21. The summed E-state index contributed by atoms with van der Waals surface area (Å²) in [5.41, 5.74) is 2.71. The number of amides is 1. The molecule has 0 spiro atoms. The molecule has 126 valence electrons. The van der Waals surface area contributed by atoms with Crippen molar-refractivity contribution in [1.29, 1.82) is 0 Å². The molecule has 25 heavy (non-hydrogen) atoms. The molecule has 5 heteroatoms. The fourth-order valence-electron chi connectivity index (χ4n) is 3.21. The van der Waals surface area contributed by atoms with Gasteiger partial charge in [0.15, 0.2) is 0 Å². The monoisotopic (exact) mass is 333 g/mol. The highest BCUT2D eigenvalue weighted by Gasteiger charge is 2.34. The van der Waals surface area contributed by atoms with Gasteiger partial charge in [-0.15, -0.1) is 0 Å². The van der Waals surface area contributed by atoms with Crippen LogP contribution in [0.4, 0.5) is 0 Å². The molecule has 2 heterocycles. The normalized spacial score (nSPS) is 16.4. The number of aromatic amines is 1. The number of imidazole rings is 1. The van der Waals surface area contributed by atoms with Crippen LogP contribution in [0.1, 0.15) is 28.4 Å². The highest BCUT2D eigenvalue weighted by Crippen LogP contribution is 2.36. The Morgan fingerprint density at radius 2 is 2.12 bits per heavy atom. The Morgan fingerprint density at radius 1 is 1.24 bits per heavy atom. The molecule has 0 aliphatic carbocycles. The van der Waals surface area contributed by atoms with E-state index in [1.54, 1.807) is 19.5 Å². The van der Waals surface area contributed by atoms with Gasteiger partial charge in [-0.3, -0.25) is 4.79 Å². The van der Waals surface area contributed by atoms with Gasteiger partial charge in [0, 0.05) is 30.1 Å². The SMILES string of the molecule is COc1cccc([C@H]2CCN2C(=O)c2cccc(-c3ncc[nH]3)c2)c1. The smallest absolute Gasteiger partial charge is 0.254 e. The van der Waals surface area contributed by atoms with Gasteiger partial charge >= 0.3 is 0 Å². The number of hydrogen-bond donors (Lipinski definition) is 1. The van der Waals surface area contributed by atoms with Crippen LogP contribution in [-0.4, -0.2) is 34.4 Å². The topological polar surface area (TPSA) is 58.2 Å². The lowest BCUT2D eigenvalue weighted by Gasteiger charge is -2.41. The van der Waals surface area contributed by atoms with Crippen molar-refractivity contribution in [3.05, 3.63) is 72.1 Å². The van der Waals surface area contributed by atoms with E-state index in [2.05, 4.69) is 9.97 Å². The molecule has 0 radical (unpaired) electrons. The highest BCUT2D eigenvalue weighted by molar-refractivity contribution is 5.96. The molecule has 1 aliphatic rings. The lowest BCUT2D eigenvalue weighted by Crippen LogP contribution is -2.45. The predicted octanol–water partition coefficient (Wildman–Crippen LogP) is 3.67. The molecule has 1 fully saturated rings. The Bertz CT molecular complexity index is 889. The van der Waals surface area contributed by atoms with Crippen LogP contribution in [0.15, 0.2) is 60.9 Å². The van der Waals surface area contributed by atoms with Crippen LogP contribution in [0.5, 0.6) is 5.75 Å². The molecule has 1 N–H and O–H groups in total. The van der Waals surface area contributed by atoms with Crippen molar-refractivity contribution in [2.75, 3.05) is 13.7 Å². The summed E-state index contributed by atoms with van der Waals surface area (Å²) < 4.78 is 5.30. The molecule has 4 rings (SSSR count). The first-order valence-corrected chi connectivity index (χ1v) is 8.31. The zero-order valence-electron chi connectivity index (χ0n) is 14.0. The summed E-state index contributed by atoms with van der Waals surface area (Å²) in [5, 5.41) is 0. The molecule has 1 saturated heterocycles. The molecule has 1 amide bonds. The predicted molar refractivity (Wildman–Crippen MR) is 95.4 cm³/mol. The van der Waals surface area contributed by atoms with E-state index < -0.39 is 0 Å². The average molecular weight is 333 g/mol. The van der Waals surface area contributed by atoms with E-state index in [1.807, 2.05) is 53.4 Å². The number of carbonyl (C=O) groups excluding carboxylic acids is 1. The number of aromatic nitrogens is 2. The van der Waals surface area contributed by atoms with E-state index in [0.29, 0.717) is 5.56 Å². The van der Waals surface area contributed by atoms with E-state index in [1.165, 1.54) is 0 Å². The van der Waals surface area contributed by atoms with E-state index in [-0.39, 0.29) is 11.9 Å². The van der Waals surface area contributed by atoms with Crippen molar-refractivity contribution < 1.29 is 9.53 Å². The second-order valence-electron chi connectivity index (χ2n) is 6.10. The minimum Gasteiger partial charge on any atom is -0.497 e. The van der Waals surface area contributed by atoms with E-state index in [0.717, 1.165) is 35.7 Å². The third kappa shape index (κ3) is 2.89. The molecule has 1 aliphatic heterocycles. The zero-order valence-corrected chi connectivity index (χ0v) is 14.0. The molecular weight excluding hydrogens is 314 g/mol. The number of H-pyrrole nitrogens is 1. The second-order valence-corrected chi connectivity index (χ2v) is 6.10. The maximum absolute atomic E-state index is 13.0. The lowest BCUT2D eigenvalue weighted by atomic mass is 9.93. The van der Waals surface area contributed by atoms with Crippen LogP contribution in [-0.2, 0) is 0 Å². The van der Waals surface area contributed by atoms with Gasteiger partial charge in [0.25, 0.3) is 5.91 Å². The Morgan fingerprint density at radius 3 is 2.84 bits per heavy atom. The first-order valence-electron chi connectivity index (χ1n) is 8.31. The number of nitrogens with zero attached hydrogens (tertiary/aromatic N) is 2. The molecule has 1 atom stereocenters. The van der Waals surface area contributed by atoms with Crippen molar-refractivity contribution in [3.8, 4) is 17.1 Å². The number of benzene rings is 2. The number of carbonyl (C=O) groups is 1. The van der Waals surface area contributed by atoms with Gasteiger partial charge < -0.3 is 14.6 Å². The van der Waals surface area contributed by atoms with Gasteiger partial charge in [0.05, 0.1) is 13.2 Å². The molecule has 0 saturated carbocycles. The molecule has 2 aromatic carbocycles. The minimum absolute atomic E-state index is 0.0486. The third-order valence-electron chi connectivity index (χ3n) is 4.64. The lowest BCUT2D eigenvalue weighted by molar-refractivity contribution is 0.0460. The zero-order chi connectivity index (χ0) is 17.2. The van der Waals surface area contributed by atoms with Crippen molar-refractivity contribution in [2.45, 2.75) is 12.5 Å². The largest absolute Gasteiger partial charge is 0.497 e. The molecule has 0 unspecified atom stereocenters. The maximum Gasteiger partial charge on any atom is 0.254 e. The summed E-state index contributed by atoms with van der Waals surface area (Å²) in [7, 11) is 1.66. The van der Waals surface area contributed by atoms with Gasteiger partial charge in [0.1, 0.15) is 11.6 Å². The van der Waals surface area contributed by atoms with Gasteiger partial charge in [-0.05, 0) is 36.2 Å². The summed E-state index contributed by atoms with van der Waals surface area (Å²) in [6.45, 7) is 0.770. The first-order chi connectivity index (χ1) is 12.3. The van der Waals surface area contributed by atoms with E-state index in [9.17, 15) is 4.79 Å². The van der Waals surface area contributed by atoms with Crippen LogP contribution < -0.4 is 4.74 Å². The number of hydrogen-bond acceptors (Lipinski definition) is 3. The van der Waals surface area contributed by atoms with Crippen LogP contribution in [0, 0.1) is 0 Å². The highest BCUT2D eigenvalue weighted by atomic mass is 16.5. The average Bonchev–Trinajstić information content (AvgIpc) is 3.16. The summed E-state index contributed by atoms with van der Waals surface area (Å²) >= 11 is 0. The van der Waals surface area contributed by atoms with Crippen LogP contribution in [0.2, 0.25) is 0 Å². The summed E-state index contributed by atoms with van der Waals surface area (Å²) in [6.07, 6.45) is 4.45. The number of rotatable bonds is 4. The first kappa shape index (κ1) is 15.4. The van der Waals surface area contributed by atoms with E-state index in [4.69, 9.17) is 4.74 Å². The van der Waals surface area contributed by atoms with Gasteiger partial charge in [-0.2, -0.15) is 0 Å². The molecular formula is C20H19N3O2. The van der Waals surface area contributed by atoms with Gasteiger partial charge in [-0.25, -0.2) is 4.98 Å². The van der Waals surface area contributed by atoms with Crippen molar-refractivity contribution in [2.24, 2.45) is 0 Å². The Balaban J connectivity index is 1.58. The number of ether oxygens (including phenoxy) is 1. The molecule has 5 nitrogen and oxygen atoms in total. The Labute approximate surface area is 146 Å². The third-order valence-corrected chi connectivity index (χ3v) is 4.64. The maximum atomic E-state index is 13.0. The van der Waals surface area contributed by atoms with Crippen molar-refractivity contribution >= 4 is 5.91 Å². The van der Waals surface area contributed by atoms with Crippen LogP contribution in [0.25, 0.3) is 11.4 Å². The number of nitrogens with one attached hydrogen (secondary N) is 1. The second kappa shape index (κ2) is 6.43. The molecule has 0 bridgehead atoms. The minimum atomic E-state index is 0.0486. The Kier molecular flexibility index (Phi) is 3.98. The van der Waals surface area contributed by atoms with Gasteiger partial charge in [0.2, 0.25) is 0 Å². The number of likely N-dealkylation sites (tertiary alicyclic amines) is 1.